The van der Waals surface area contributed by atoms with Crippen LogP contribution in [0.4, 0.5) is 5.69 Å². The van der Waals surface area contributed by atoms with E-state index in [1.54, 1.807) is 24.3 Å². The first-order valence-electron chi connectivity index (χ1n) is 3.95. The maximum Gasteiger partial charge on any atom is 0.256 e. The molecule has 1 aromatic carbocycles. The second kappa shape index (κ2) is 4.67. The molecular formula is C10H9N3O. The van der Waals surface area contributed by atoms with E-state index in [0.29, 0.717) is 5.69 Å². The first kappa shape index (κ1) is 9.81. The molecule has 1 amide bonds. The van der Waals surface area contributed by atoms with Crippen molar-refractivity contribution in [2.75, 3.05) is 5.73 Å². The molecule has 1 aromatic rings. The highest BCUT2D eigenvalue weighted by Crippen LogP contribution is 2.07. The number of carbonyl (C=O) groups excluding carboxylic acids is 1. The van der Waals surface area contributed by atoms with Crippen molar-refractivity contribution in [2.45, 2.75) is 0 Å². The van der Waals surface area contributed by atoms with Gasteiger partial charge >= 0.3 is 0 Å². The second-order valence-electron chi connectivity index (χ2n) is 2.60. The van der Waals surface area contributed by atoms with Gasteiger partial charge in [-0.15, -0.1) is 0 Å². The summed E-state index contributed by atoms with van der Waals surface area (Å²) in [6.07, 6.45) is 4.40. The van der Waals surface area contributed by atoms with E-state index in [1.165, 1.54) is 12.3 Å². The topological polar surface area (TPSA) is 78.9 Å². The third-order valence-electron chi connectivity index (χ3n) is 1.52. The molecular weight excluding hydrogens is 178 g/mol. The highest BCUT2D eigenvalue weighted by atomic mass is 16.1. The van der Waals surface area contributed by atoms with E-state index in [9.17, 15) is 4.79 Å². The number of anilines is 1. The SMILES string of the molecule is N#CNC(=O)/C=C/c1cccc(N)c1. The Balaban J connectivity index is 2.70. The Bertz CT molecular complexity index is 404. The van der Waals surface area contributed by atoms with Gasteiger partial charge in [0.2, 0.25) is 0 Å². The number of rotatable bonds is 2. The molecule has 0 atom stereocenters. The summed E-state index contributed by atoms with van der Waals surface area (Å²) in [4.78, 5) is 10.8. The van der Waals surface area contributed by atoms with E-state index in [2.05, 4.69) is 0 Å². The Hall–Kier alpha value is -2.28. The Morgan fingerprint density at radius 3 is 3.00 bits per heavy atom. The molecule has 70 valence electrons. The summed E-state index contributed by atoms with van der Waals surface area (Å²) in [5.74, 6) is -0.449. The van der Waals surface area contributed by atoms with Gasteiger partial charge in [-0.25, -0.2) is 0 Å². The maximum absolute atomic E-state index is 10.8. The summed E-state index contributed by atoms with van der Waals surface area (Å²) in [6, 6.07) is 7.09. The van der Waals surface area contributed by atoms with Gasteiger partial charge in [-0.3, -0.25) is 10.1 Å². The Labute approximate surface area is 81.6 Å². The van der Waals surface area contributed by atoms with Crippen LogP contribution in [0, 0.1) is 11.5 Å². The average Bonchev–Trinajstić information content (AvgIpc) is 2.15. The molecule has 0 radical (unpaired) electrons. The van der Waals surface area contributed by atoms with Gasteiger partial charge in [-0.1, -0.05) is 12.1 Å². The molecule has 0 aromatic heterocycles. The highest BCUT2D eigenvalue weighted by Gasteiger charge is 1.92. The van der Waals surface area contributed by atoms with Crippen LogP contribution in [0.2, 0.25) is 0 Å². The zero-order chi connectivity index (χ0) is 10.4. The number of nitrogens with zero attached hydrogens (tertiary/aromatic N) is 1. The smallest absolute Gasteiger partial charge is 0.256 e. The van der Waals surface area contributed by atoms with Crippen molar-refractivity contribution in [2.24, 2.45) is 0 Å². The van der Waals surface area contributed by atoms with Gasteiger partial charge in [-0.2, -0.15) is 5.26 Å². The lowest BCUT2D eigenvalue weighted by Gasteiger charge is -1.94. The zero-order valence-electron chi connectivity index (χ0n) is 7.40. The molecule has 0 heterocycles. The van der Waals surface area contributed by atoms with Gasteiger partial charge < -0.3 is 5.73 Å². The van der Waals surface area contributed by atoms with E-state index in [1.807, 2.05) is 11.4 Å². The number of hydrogen-bond acceptors (Lipinski definition) is 3. The van der Waals surface area contributed by atoms with Gasteiger partial charge in [0.1, 0.15) is 0 Å². The maximum atomic E-state index is 10.8. The largest absolute Gasteiger partial charge is 0.399 e. The van der Waals surface area contributed by atoms with Crippen LogP contribution in [0.3, 0.4) is 0 Å². The molecule has 1 rings (SSSR count). The van der Waals surface area contributed by atoms with E-state index < -0.39 is 5.91 Å². The molecule has 4 heteroatoms. The standard InChI is InChI=1S/C10H9N3O/c11-7-13-10(14)5-4-8-2-1-3-9(12)6-8/h1-6H,12H2,(H,13,14)/b5-4+. The highest BCUT2D eigenvalue weighted by molar-refractivity contribution is 5.92. The number of hydrogen-bond donors (Lipinski definition) is 2. The van der Waals surface area contributed by atoms with E-state index in [-0.39, 0.29) is 0 Å². The monoisotopic (exact) mass is 187 g/mol. The average molecular weight is 187 g/mol. The van der Waals surface area contributed by atoms with Crippen molar-refractivity contribution in [3.8, 4) is 6.19 Å². The minimum absolute atomic E-state index is 0.449. The van der Waals surface area contributed by atoms with Crippen LogP contribution in [0.25, 0.3) is 6.08 Å². The summed E-state index contributed by atoms with van der Waals surface area (Å²) in [5, 5.41) is 10.1. The Morgan fingerprint density at radius 2 is 2.36 bits per heavy atom. The molecule has 0 fully saturated rings. The third kappa shape index (κ3) is 2.99. The van der Waals surface area contributed by atoms with Crippen molar-refractivity contribution in [1.29, 1.82) is 5.26 Å². The fraction of sp³-hybridized carbons (Fsp3) is 0. The number of carbonyl (C=O) groups is 1. The number of nitriles is 1. The zero-order valence-corrected chi connectivity index (χ0v) is 7.40. The summed E-state index contributed by atoms with van der Waals surface area (Å²) < 4.78 is 0. The predicted octanol–water partition coefficient (Wildman–Crippen LogP) is 0.879. The molecule has 0 spiro atoms. The predicted molar refractivity (Wildman–Crippen MR) is 53.6 cm³/mol. The molecule has 0 saturated heterocycles. The van der Waals surface area contributed by atoms with Crippen LogP contribution in [0.15, 0.2) is 30.3 Å². The van der Waals surface area contributed by atoms with E-state index in [0.717, 1.165) is 5.56 Å². The van der Waals surface area contributed by atoms with Crippen LogP contribution in [-0.2, 0) is 4.79 Å². The summed E-state index contributed by atoms with van der Waals surface area (Å²) in [5.41, 5.74) is 6.99. The fourth-order valence-corrected chi connectivity index (χ4v) is 0.931. The number of benzene rings is 1. The normalized spacial score (nSPS) is 9.64. The summed E-state index contributed by atoms with van der Waals surface area (Å²) in [6.45, 7) is 0. The lowest BCUT2D eigenvalue weighted by molar-refractivity contribution is -0.115. The van der Waals surface area contributed by atoms with Gasteiger partial charge in [0.15, 0.2) is 6.19 Å². The van der Waals surface area contributed by atoms with Gasteiger partial charge in [-0.05, 0) is 23.8 Å². The lowest BCUT2D eigenvalue weighted by atomic mass is 10.2. The molecule has 0 aliphatic rings. The Kier molecular flexibility index (Phi) is 3.27. The molecule has 14 heavy (non-hydrogen) atoms. The minimum Gasteiger partial charge on any atom is -0.399 e. The first-order chi connectivity index (χ1) is 6.72. The third-order valence-corrected chi connectivity index (χ3v) is 1.52. The van der Waals surface area contributed by atoms with Gasteiger partial charge in [0, 0.05) is 11.8 Å². The van der Waals surface area contributed by atoms with Crippen molar-refractivity contribution >= 4 is 17.7 Å². The number of nitrogen functional groups attached to an aromatic ring is 1. The molecule has 0 unspecified atom stereocenters. The van der Waals surface area contributed by atoms with E-state index in [4.69, 9.17) is 11.0 Å². The van der Waals surface area contributed by atoms with Crippen LogP contribution in [0.1, 0.15) is 5.56 Å². The fourth-order valence-electron chi connectivity index (χ4n) is 0.931. The van der Waals surface area contributed by atoms with Gasteiger partial charge in [0.25, 0.3) is 5.91 Å². The van der Waals surface area contributed by atoms with Crippen LogP contribution in [0.5, 0.6) is 0 Å². The summed E-state index contributed by atoms with van der Waals surface area (Å²) in [7, 11) is 0. The first-order valence-corrected chi connectivity index (χ1v) is 3.95. The number of amides is 1. The molecule has 0 aliphatic carbocycles. The van der Waals surface area contributed by atoms with Crippen molar-refractivity contribution in [3.63, 3.8) is 0 Å². The molecule has 0 saturated carbocycles. The van der Waals surface area contributed by atoms with Crippen LogP contribution >= 0.6 is 0 Å². The Morgan fingerprint density at radius 1 is 1.57 bits per heavy atom. The number of nitrogens with two attached hydrogens (primary N) is 1. The molecule has 0 bridgehead atoms. The van der Waals surface area contributed by atoms with Gasteiger partial charge in [0.05, 0.1) is 0 Å². The van der Waals surface area contributed by atoms with Crippen molar-refractivity contribution < 1.29 is 4.79 Å². The molecule has 4 nitrogen and oxygen atoms in total. The summed E-state index contributed by atoms with van der Waals surface area (Å²) >= 11 is 0. The number of nitrogens with one attached hydrogen (secondary N) is 1. The van der Waals surface area contributed by atoms with Crippen LogP contribution < -0.4 is 11.1 Å². The lowest BCUT2D eigenvalue weighted by Crippen LogP contribution is -2.13. The van der Waals surface area contributed by atoms with Crippen molar-refractivity contribution in [3.05, 3.63) is 35.9 Å². The van der Waals surface area contributed by atoms with Crippen LogP contribution in [-0.4, -0.2) is 5.91 Å². The quantitative estimate of drug-likeness (QED) is 0.312. The minimum atomic E-state index is -0.449. The molecule has 0 aliphatic heterocycles. The van der Waals surface area contributed by atoms with E-state index >= 15 is 0 Å². The van der Waals surface area contributed by atoms with Crippen molar-refractivity contribution in [1.82, 2.24) is 5.32 Å². The molecule has 3 N–H and O–H groups in total. The second-order valence-corrected chi connectivity index (χ2v) is 2.60.